The van der Waals surface area contributed by atoms with E-state index in [0.29, 0.717) is 0 Å². The molecule has 0 spiro atoms. The molecule has 1 saturated heterocycles. The lowest BCUT2D eigenvalue weighted by Crippen LogP contribution is -2.38. The Hall–Kier alpha value is -3.75. The molecule has 0 aliphatic carbocycles. The summed E-state index contributed by atoms with van der Waals surface area (Å²) >= 11 is 5.80. The van der Waals surface area contributed by atoms with Gasteiger partial charge < -0.3 is 19.5 Å². The van der Waals surface area contributed by atoms with E-state index in [2.05, 4.69) is 26.2 Å². The van der Waals surface area contributed by atoms with Gasteiger partial charge in [-0.1, -0.05) is 17.5 Å². The Bertz CT molecular complexity index is 1280. The third-order valence-corrected chi connectivity index (χ3v) is 5.01. The summed E-state index contributed by atoms with van der Waals surface area (Å²) in [6.07, 6.45) is 4.08. The van der Waals surface area contributed by atoms with Gasteiger partial charge in [0.25, 0.3) is 0 Å². The van der Waals surface area contributed by atoms with Crippen molar-refractivity contribution in [2.45, 2.75) is 38.4 Å². The van der Waals surface area contributed by atoms with Crippen LogP contribution in [0.15, 0.2) is 30.9 Å². The molecule has 10 nitrogen and oxygen atoms in total. The zero-order valence-corrected chi connectivity index (χ0v) is 18.1. The highest BCUT2D eigenvalue weighted by molar-refractivity contribution is 6.30. The van der Waals surface area contributed by atoms with Crippen molar-refractivity contribution in [1.82, 2.24) is 19.5 Å². The molecule has 0 radical (unpaired) electrons. The van der Waals surface area contributed by atoms with Crippen LogP contribution in [-0.2, 0) is 23.8 Å². The van der Waals surface area contributed by atoms with Gasteiger partial charge >= 0.3 is 11.9 Å². The van der Waals surface area contributed by atoms with Gasteiger partial charge in [-0.05, 0) is 18.2 Å². The number of imidazole rings is 1. The van der Waals surface area contributed by atoms with Crippen molar-refractivity contribution in [3.63, 3.8) is 0 Å². The van der Waals surface area contributed by atoms with Gasteiger partial charge in [-0.25, -0.2) is 19.3 Å². The third-order valence-electron chi connectivity index (χ3n) is 4.77. The minimum Gasteiger partial charge on any atom is -0.455 e. The molecule has 170 valence electrons. The van der Waals surface area contributed by atoms with Crippen LogP contribution in [0.2, 0.25) is 5.02 Å². The maximum Gasteiger partial charge on any atom is 0.303 e. The molecule has 1 aliphatic heterocycles. The van der Waals surface area contributed by atoms with Crippen molar-refractivity contribution in [1.29, 1.82) is 0 Å². The van der Waals surface area contributed by atoms with Crippen LogP contribution in [0.4, 0.5) is 15.9 Å². The van der Waals surface area contributed by atoms with Gasteiger partial charge in [0.05, 0.1) is 12.0 Å². The van der Waals surface area contributed by atoms with E-state index in [9.17, 15) is 14.0 Å². The van der Waals surface area contributed by atoms with E-state index in [4.69, 9.17) is 32.2 Å². The second kappa shape index (κ2) is 9.01. The summed E-state index contributed by atoms with van der Waals surface area (Å²) in [6.45, 7) is 2.42. The number of esters is 2. The number of halogens is 2. The van der Waals surface area contributed by atoms with E-state index < -0.39 is 42.3 Å². The van der Waals surface area contributed by atoms with Gasteiger partial charge in [0.2, 0.25) is 0 Å². The van der Waals surface area contributed by atoms with Crippen molar-refractivity contribution in [3.05, 3.63) is 41.7 Å². The number of aromatic nitrogens is 4. The number of anilines is 2. The van der Waals surface area contributed by atoms with Gasteiger partial charge in [-0.15, -0.1) is 6.42 Å². The van der Waals surface area contributed by atoms with Gasteiger partial charge in [0.1, 0.15) is 12.1 Å². The second-order valence-electron chi connectivity index (χ2n) is 7.06. The van der Waals surface area contributed by atoms with Crippen molar-refractivity contribution in [3.8, 4) is 12.3 Å². The van der Waals surface area contributed by atoms with Crippen molar-refractivity contribution in [2.75, 3.05) is 5.32 Å². The van der Waals surface area contributed by atoms with Crippen LogP contribution in [0.3, 0.4) is 0 Å². The number of nitrogens with zero attached hydrogens (tertiary/aromatic N) is 4. The molecule has 0 saturated carbocycles. The Kier molecular flexibility index (Phi) is 6.13. The van der Waals surface area contributed by atoms with E-state index in [0.717, 1.165) is 6.07 Å². The molecular formula is C21H17ClFN5O5. The number of terminal acetylenes is 1. The molecule has 1 N–H and O–H groups in total. The fourth-order valence-corrected chi connectivity index (χ4v) is 3.64. The molecule has 3 aromatic rings. The molecule has 1 aliphatic rings. The number of ether oxygens (including phenoxy) is 3. The minimum absolute atomic E-state index is 0.131. The van der Waals surface area contributed by atoms with Crippen LogP contribution in [0.25, 0.3) is 11.2 Å². The third kappa shape index (κ3) is 4.44. The topological polar surface area (TPSA) is 117 Å². The first-order chi connectivity index (χ1) is 15.8. The number of hydrogen-bond acceptors (Lipinski definition) is 9. The molecule has 1 fully saturated rings. The lowest BCUT2D eigenvalue weighted by molar-refractivity contribution is -0.165. The summed E-state index contributed by atoms with van der Waals surface area (Å²) in [7, 11) is 0. The number of benzene rings is 1. The first kappa shape index (κ1) is 22.4. The van der Waals surface area contributed by atoms with E-state index in [1.807, 2.05) is 0 Å². The van der Waals surface area contributed by atoms with E-state index >= 15 is 0 Å². The number of fused-ring (bicyclic) bond motifs is 1. The number of hydrogen-bond donors (Lipinski definition) is 1. The van der Waals surface area contributed by atoms with Gasteiger partial charge in [-0.3, -0.25) is 14.2 Å². The standard InChI is InChI=1S/C21H17ClFN5O5/c1-4-15-17(31-10(2)29)18(32-11(3)30)21(33-15)28-9-26-16-19(24-8-25-20(16)28)27-14-6-5-12(22)7-13(14)23/h1,5-9,15,17-18,21H,2-3H3,(H,24,25,27). The number of carbonyl (C=O) groups is 2. The fourth-order valence-electron chi connectivity index (χ4n) is 3.48. The molecule has 4 rings (SSSR count). The first-order valence-electron chi connectivity index (χ1n) is 9.64. The van der Waals surface area contributed by atoms with Crippen LogP contribution in [-0.4, -0.2) is 49.8 Å². The fraction of sp³-hybridized carbons (Fsp3) is 0.286. The lowest BCUT2D eigenvalue weighted by atomic mass is 10.1. The Morgan fingerprint density at radius 2 is 1.94 bits per heavy atom. The van der Waals surface area contributed by atoms with Gasteiger partial charge in [-0.2, -0.15) is 0 Å². The minimum atomic E-state index is -1.06. The van der Waals surface area contributed by atoms with Crippen LogP contribution < -0.4 is 5.32 Å². The number of nitrogens with one attached hydrogen (secondary N) is 1. The van der Waals surface area contributed by atoms with Crippen molar-refractivity contribution in [2.24, 2.45) is 0 Å². The summed E-state index contributed by atoms with van der Waals surface area (Å²) in [5, 5.41) is 3.10. The summed E-state index contributed by atoms with van der Waals surface area (Å²) in [4.78, 5) is 36.0. The average Bonchev–Trinajstić information content (AvgIpc) is 3.31. The Morgan fingerprint density at radius 1 is 1.21 bits per heavy atom. The zero-order valence-electron chi connectivity index (χ0n) is 17.4. The molecule has 2 aromatic heterocycles. The van der Waals surface area contributed by atoms with Crippen LogP contribution >= 0.6 is 11.6 Å². The van der Waals surface area contributed by atoms with E-state index in [1.165, 1.54) is 43.2 Å². The Labute approximate surface area is 192 Å². The molecule has 4 atom stereocenters. The van der Waals surface area contributed by atoms with E-state index in [-0.39, 0.29) is 27.7 Å². The summed E-state index contributed by atoms with van der Waals surface area (Å²) in [5.41, 5.74) is 0.694. The van der Waals surface area contributed by atoms with Crippen LogP contribution in [0, 0.1) is 18.2 Å². The SMILES string of the molecule is C#CC1OC(n2cnc3c(Nc4ccc(Cl)cc4F)ncnc32)C(OC(C)=O)C1OC(C)=O. The van der Waals surface area contributed by atoms with Gasteiger partial charge in [0.15, 0.2) is 41.5 Å². The number of rotatable bonds is 5. The Morgan fingerprint density at radius 3 is 2.61 bits per heavy atom. The molecular weight excluding hydrogens is 457 g/mol. The highest BCUT2D eigenvalue weighted by Gasteiger charge is 2.50. The Balaban J connectivity index is 1.73. The molecule has 3 heterocycles. The zero-order chi connectivity index (χ0) is 23.7. The molecule has 1 aromatic carbocycles. The van der Waals surface area contributed by atoms with Crippen molar-refractivity contribution >= 4 is 46.2 Å². The first-order valence-corrected chi connectivity index (χ1v) is 10.0. The van der Waals surface area contributed by atoms with Crippen LogP contribution in [0.5, 0.6) is 0 Å². The molecule has 33 heavy (non-hydrogen) atoms. The molecule has 4 unspecified atom stereocenters. The smallest absolute Gasteiger partial charge is 0.303 e. The normalized spacial score (nSPS) is 22.0. The second-order valence-corrected chi connectivity index (χ2v) is 7.49. The monoisotopic (exact) mass is 473 g/mol. The van der Waals surface area contributed by atoms with Gasteiger partial charge in [0, 0.05) is 18.9 Å². The lowest BCUT2D eigenvalue weighted by Gasteiger charge is -2.23. The van der Waals surface area contributed by atoms with Crippen LogP contribution in [0.1, 0.15) is 20.1 Å². The molecule has 12 heteroatoms. The van der Waals surface area contributed by atoms with Crippen molar-refractivity contribution < 1.29 is 28.2 Å². The highest BCUT2D eigenvalue weighted by atomic mass is 35.5. The summed E-state index contributed by atoms with van der Waals surface area (Å²) < 4.78 is 32.2. The summed E-state index contributed by atoms with van der Waals surface area (Å²) in [5.74, 6) is 0.793. The van der Waals surface area contributed by atoms with E-state index in [1.54, 1.807) is 0 Å². The predicted molar refractivity (Wildman–Crippen MR) is 114 cm³/mol. The maximum absolute atomic E-state index is 14.2. The predicted octanol–water partition coefficient (Wildman–Crippen LogP) is 2.76. The average molecular weight is 474 g/mol. The quantitative estimate of drug-likeness (QED) is 0.440. The maximum atomic E-state index is 14.2. The number of carbonyl (C=O) groups excluding carboxylic acids is 2. The highest BCUT2D eigenvalue weighted by Crippen LogP contribution is 2.36. The largest absolute Gasteiger partial charge is 0.455 e. The molecule has 0 amide bonds. The summed E-state index contributed by atoms with van der Waals surface area (Å²) in [6, 6.07) is 4.14. The molecule has 0 bridgehead atoms.